The van der Waals surface area contributed by atoms with Crippen molar-refractivity contribution in [2.45, 2.75) is 12.8 Å². The Kier molecular flexibility index (Phi) is 4.06. The number of benzene rings is 1. The Hall–Kier alpha value is -2.02. The second kappa shape index (κ2) is 5.75. The topological polar surface area (TPSA) is 47.3 Å². The number of rotatable bonds is 2. The maximum atomic E-state index is 12.3. The van der Waals surface area contributed by atoms with Gasteiger partial charge in [0.25, 0.3) is 5.91 Å². The number of likely N-dealkylation sites (tertiary alicyclic amines) is 1. The second-order valence-corrected chi connectivity index (χ2v) is 5.16. The number of hydrogen-bond acceptors (Lipinski definition) is 3. The van der Waals surface area contributed by atoms with Crippen molar-refractivity contribution in [3.63, 3.8) is 0 Å². The third-order valence-electron chi connectivity index (χ3n) is 3.52. The minimum atomic E-state index is -0.0150. The molecule has 1 amide bonds. The first-order valence-electron chi connectivity index (χ1n) is 6.58. The Morgan fingerprint density at radius 1 is 1.37 bits per heavy atom. The molecule has 0 spiro atoms. The lowest BCUT2D eigenvalue weighted by Crippen LogP contribution is -2.39. The summed E-state index contributed by atoms with van der Waals surface area (Å²) < 4.78 is 0. The van der Waals surface area contributed by atoms with Crippen molar-refractivity contribution >= 4 is 11.6 Å². The Bertz CT molecular complexity index is 487. The number of anilines is 1. The van der Waals surface area contributed by atoms with E-state index in [9.17, 15) is 4.79 Å². The highest BCUT2D eigenvalue weighted by Crippen LogP contribution is 2.19. The zero-order valence-corrected chi connectivity index (χ0v) is 11.5. The van der Waals surface area contributed by atoms with Gasteiger partial charge in [0, 0.05) is 38.4 Å². The highest BCUT2D eigenvalue weighted by Gasteiger charge is 2.24. The van der Waals surface area contributed by atoms with E-state index in [1.54, 1.807) is 4.90 Å². The monoisotopic (exact) mass is 257 g/mol. The minimum absolute atomic E-state index is 0.0150. The Morgan fingerprint density at radius 2 is 2.05 bits per heavy atom. The lowest BCUT2D eigenvalue weighted by Gasteiger charge is -2.29. The van der Waals surface area contributed by atoms with Crippen LogP contribution in [0.5, 0.6) is 0 Å². The first-order chi connectivity index (χ1) is 9.11. The molecule has 0 saturated carbocycles. The zero-order valence-electron chi connectivity index (χ0n) is 11.5. The van der Waals surface area contributed by atoms with Crippen LogP contribution in [0.1, 0.15) is 23.2 Å². The summed E-state index contributed by atoms with van der Waals surface area (Å²) in [6.45, 7) is 1.32. The van der Waals surface area contributed by atoms with Crippen LogP contribution >= 0.6 is 0 Å². The van der Waals surface area contributed by atoms with Crippen molar-refractivity contribution in [2.75, 3.05) is 32.1 Å². The Labute approximate surface area is 114 Å². The van der Waals surface area contributed by atoms with Gasteiger partial charge in [-0.3, -0.25) is 4.79 Å². The third kappa shape index (κ3) is 3.05. The van der Waals surface area contributed by atoms with E-state index in [-0.39, 0.29) is 11.8 Å². The molecule has 0 aliphatic carbocycles. The molecule has 2 rings (SSSR count). The number of piperidine rings is 1. The molecule has 0 bridgehead atoms. The quantitative estimate of drug-likeness (QED) is 0.815. The SMILES string of the molecule is CN(C)c1ccc(C(=O)N2CCCC(C#N)C2)cc1. The van der Waals surface area contributed by atoms with Crippen molar-refractivity contribution in [1.82, 2.24) is 4.90 Å². The maximum absolute atomic E-state index is 12.3. The van der Waals surface area contributed by atoms with Gasteiger partial charge >= 0.3 is 0 Å². The predicted octanol–water partition coefficient (Wildman–Crippen LogP) is 2.13. The van der Waals surface area contributed by atoms with Gasteiger partial charge in [-0.2, -0.15) is 5.26 Å². The molecule has 1 saturated heterocycles. The molecule has 19 heavy (non-hydrogen) atoms. The van der Waals surface area contributed by atoms with Crippen LogP contribution in [0, 0.1) is 17.2 Å². The first kappa shape index (κ1) is 13.4. The maximum Gasteiger partial charge on any atom is 0.253 e. The number of nitriles is 1. The second-order valence-electron chi connectivity index (χ2n) is 5.16. The molecule has 4 nitrogen and oxygen atoms in total. The Balaban J connectivity index is 2.09. The molecule has 0 radical (unpaired) electrons. The highest BCUT2D eigenvalue weighted by molar-refractivity contribution is 5.94. The molecule has 0 N–H and O–H groups in total. The molecule has 1 aliphatic rings. The van der Waals surface area contributed by atoms with Crippen LogP contribution in [0.2, 0.25) is 0 Å². The van der Waals surface area contributed by atoms with Crippen molar-refractivity contribution < 1.29 is 4.79 Å². The van der Waals surface area contributed by atoms with Crippen LogP contribution in [0.3, 0.4) is 0 Å². The molecular weight excluding hydrogens is 238 g/mol. The minimum Gasteiger partial charge on any atom is -0.378 e. The van der Waals surface area contributed by atoms with Gasteiger partial charge < -0.3 is 9.80 Å². The van der Waals surface area contributed by atoms with Gasteiger partial charge in [-0.05, 0) is 37.1 Å². The molecule has 1 atom stereocenters. The first-order valence-corrected chi connectivity index (χ1v) is 6.58. The smallest absolute Gasteiger partial charge is 0.253 e. The number of carbonyl (C=O) groups is 1. The van der Waals surface area contributed by atoms with E-state index in [1.807, 2.05) is 43.3 Å². The number of hydrogen-bond donors (Lipinski definition) is 0. The fraction of sp³-hybridized carbons (Fsp3) is 0.467. The van der Waals surface area contributed by atoms with Crippen molar-refractivity contribution in [3.05, 3.63) is 29.8 Å². The van der Waals surface area contributed by atoms with Crippen LogP contribution in [-0.2, 0) is 0 Å². The van der Waals surface area contributed by atoms with Crippen molar-refractivity contribution in [3.8, 4) is 6.07 Å². The largest absolute Gasteiger partial charge is 0.378 e. The van der Waals surface area contributed by atoms with Crippen LogP contribution < -0.4 is 4.90 Å². The lowest BCUT2D eigenvalue weighted by atomic mass is 9.99. The van der Waals surface area contributed by atoms with E-state index >= 15 is 0 Å². The van der Waals surface area contributed by atoms with E-state index in [1.165, 1.54) is 0 Å². The van der Waals surface area contributed by atoms with Gasteiger partial charge in [-0.1, -0.05) is 0 Å². The summed E-state index contributed by atoms with van der Waals surface area (Å²) in [5, 5.41) is 8.97. The molecule has 1 aromatic carbocycles. The predicted molar refractivity (Wildman–Crippen MR) is 75.0 cm³/mol. The zero-order chi connectivity index (χ0) is 13.8. The molecular formula is C15H19N3O. The summed E-state index contributed by atoms with van der Waals surface area (Å²) in [4.78, 5) is 16.1. The van der Waals surface area contributed by atoms with E-state index in [2.05, 4.69) is 6.07 Å². The third-order valence-corrected chi connectivity index (χ3v) is 3.52. The van der Waals surface area contributed by atoms with Crippen LogP contribution in [0.15, 0.2) is 24.3 Å². The molecule has 1 fully saturated rings. The van der Waals surface area contributed by atoms with Crippen molar-refractivity contribution in [2.24, 2.45) is 5.92 Å². The summed E-state index contributed by atoms with van der Waals surface area (Å²) in [5.41, 5.74) is 1.77. The van der Waals surface area contributed by atoms with Crippen LogP contribution in [0.25, 0.3) is 0 Å². The van der Waals surface area contributed by atoms with E-state index in [4.69, 9.17) is 5.26 Å². The summed E-state index contributed by atoms with van der Waals surface area (Å²) >= 11 is 0. The highest BCUT2D eigenvalue weighted by atomic mass is 16.2. The van der Waals surface area contributed by atoms with Gasteiger partial charge in [-0.25, -0.2) is 0 Å². The average Bonchev–Trinajstić information content (AvgIpc) is 2.46. The molecule has 100 valence electrons. The fourth-order valence-corrected chi connectivity index (χ4v) is 2.35. The summed E-state index contributed by atoms with van der Waals surface area (Å²) in [5.74, 6) is 0.0176. The lowest BCUT2D eigenvalue weighted by molar-refractivity contribution is 0.0699. The average molecular weight is 257 g/mol. The number of amides is 1. The molecule has 1 heterocycles. The van der Waals surface area contributed by atoms with Crippen LogP contribution in [0.4, 0.5) is 5.69 Å². The van der Waals surface area contributed by atoms with Crippen molar-refractivity contribution in [1.29, 1.82) is 5.26 Å². The molecule has 1 aromatic rings. The van der Waals surface area contributed by atoms with E-state index in [0.717, 1.165) is 25.1 Å². The number of carbonyl (C=O) groups excluding carboxylic acids is 1. The normalized spacial score (nSPS) is 18.8. The number of nitrogens with zero attached hydrogens (tertiary/aromatic N) is 3. The van der Waals surface area contributed by atoms with E-state index in [0.29, 0.717) is 12.1 Å². The molecule has 0 aromatic heterocycles. The van der Waals surface area contributed by atoms with Gasteiger partial charge in [-0.15, -0.1) is 0 Å². The summed E-state index contributed by atoms with van der Waals surface area (Å²) in [6, 6.07) is 9.86. The van der Waals surface area contributed by atoms with Crippen LogP contribution in [-0.4, -0.2) is 38.0 Å². The molecule has 1 aliphatic heterocycles. The Morgan fingerprint density at radius 3 is 2.63 bits per heavy atom. The molecule has 4 heteroatoms. The van der Waals surface area contributed by atoms with Gasteiger partial charge in [0.05, 0.1) is 12.0 Å². The standard InChI is InChI=1S/C15H19N3O/c1-17(2)14-7-5-13(6-8-14)15(19)18-9-3-4-12(10-16)11-18/h5-8,12H,3-4,9,11H2,1-2H3. The summed E-state index contributed by atoms with van der Waals surface area (Å²) in [6.07, 6.45) is 1.82. The van der Waals surface area contributed by atoms with Gasteiger partial charge in [0.15, 0.2) is 0 Å². The van der Waals surface area contributed by atoms with E-state index < -0.39 is 0 Å². The molecule has 1 unspecified atom stereocenters. The van der Waals surface area contributed by atoms with Gasteiger partial charge in [0.2, 0.25) is 0 Å². The van der Waals surface area contributed by atoms with Gasteiger partial charge in [0.1, 0.15) is 0 Å². The fourth-order valence-electron chi connectivity index (χ4n) is 2.35. The summed E-state index contributed by atoms with van der Waals surface area (Å²) in [7, 11) is 3.94.